The zero-order valence-electron chi connectivity index (χ0n) is 33.5. The van der Waals surface area contributed by atoms with E-state index in [1.165, 1.54) is 109 Å². The molecule has 0 spiro atoms. The van der Waals surface area contributed by atoms with E-state index >= 15 is 0 Å². The molecule has 308 valence electrons. The normalized spacial score (nSPS) is 14.3. The van der Waals surface area contributed by atoms with Crippen molar-refractivity contribution in [2.24, 2.45) is 0 Å². The number of rotatable bonds is 41. The number of aliphatic hydroxyl groups is 2. The van der Waals surface area contributed by atoms with Crippen LogP contribution in [-0.2, 0) is 27.9 Å². The molecule has 0 aliphatic carbocycles. The Morgan fingerprint density at radius 1 is 0.577 bits per heavy atom. The summed E-state index contributed by atoms with van der Waals surface area (Å²) in [4.78, 5) is 22.5. The lowest BCUT2D eigenvalue weighted by Crippen LogP contribution is -2.29. The highest BCUT2D eigenvalue weighted by Gasteiger charge is 2.26. The second-order valence-corrected chi connectivity index (χ2v) is 15.8. The molecule has 0 aliphatic heterocycles. The van der Waals surface area contributed by atoms with Crippen molar-refractivity contribution in [1.82, 2.24) is 0 Å². The zero-order chi connectivity index (χ0) is 38.2. The van der Waals surface area contributed by atoms with Crippen LogP contribution in [0.2, 0.25) is 0 Å². The van der Waals surface area contributed by atoms with Crippen molar-refractivity contribution in [1.29, 1.82) is 0 Å². The first-order chi connectivity index (χ1) is 25.3. The number of carbonyl (C=O) groups excluding carboxylic acids is 1. The predicted octanol–water partition coefficient (Wildman–Crippen LogP) is 11.5. The SMILES string of the molecule is CCCCCCC/C=C\CCCCCCCCOCC(COP(=O)(O)OCC(O)CO)OC(=O)CCCCCCC/C=C\CCCCCCCCC. The van der Waals surface area contributed by atoms with Crippen LogP contribution in [0.4, 0.5) is 0 Å². The third-order valence-corrected chi connectivity index (χ3v) is 10.1. The summed E-state index contributed by atoms with van der Waals surface area (Å²) >= 11 is 0. The van der Waals surface area contributed by atoms with E-state index < -0.39 is 39.2 Å². The minimum absolute atomic E-state index is 0.0441. The van der Waals surface area contributed by atoms with Crippen molar-refractivity contribution in [2.75, 3.05) is 33.0 Å². The van der Waals surface area contributed by atoms with E-state index in [4.69, 9.17) is 23.6 Å². The van der Waals surface area contributed by atoms with Crippen molar-refractivity contribution >= 4 is 13.8 Å². The number of esters is 1. The number of phosphoric ester groups is 1. The summed E-state index contributed by atoms with van der Waals surface area (Å²) in [5, 5.41) is 18.3. The average molecular weight is 761 g/mol. The van der Waals surface area contributed by atoms with E-state index in [9.17, 15) is 19.4 Å². The van der Waals surface area contributed by atoms with Crippen molar-refractivity contribution in [3.8, 4) is 0 Å². The van der Waals surface area contributed by atoms with Gasteiger partial charge in [0.2, 0.25) is 0 Å². The third kappa shape index (κ3) is 38.7. The van der Waals surface area contributed by atoms with E-state index in [0.29, 0.717) is 6.61 Å². The van der Waals surface area contributed by atoms with Gasteiger partial charge in [0, 0.05) is 13.0 Å². The lowest BCUT2D eigenvalue weighted by Gasteiger charge is -2.20. The predicted molar refractivity (Wildman–Crippen MR) is 214 cm³/mol. The lowest BCUT2D eigenvalue weighted by molar-refractivity contribution is -0.154. The topological polar surface area (TPSA) is 132 Å². The first kappa shape index (κ1) is 50.9. The van der Waals surface area contributed by atoms with Crippen LogP contribution in [0.5, 0.6) is 0 Å². The smallest absolute Gasteiger partial charge is 0.457 e. The number of phosphoric acid groups is 1. The van der Waals surface area contributed by atoms with Gasteiger partial charge in [-0.1, -0.05) is 147 Å². The maximum absolute atomic E-state index is 12.6. The van der Waals surface area contributed by atoms with Crippen molar-refractivity contribution in [3.05, 3.63) is 24.3 Å². The van der Waals surface area contributed by atoms with Crippen molar-refractivity contribution < 1.29 is 43.0 Å². The van der Waals surface area contributed by atoms with Crippen LogP contribution in [0, 0.1) is 0 Å². The number of hydrogen-bond acceptors (Lipinski definition) is 8. The van der Waals surface area contributed by atoms with Gasteiger partial charge in [0.1, 0.15) is 12.2 Å². The molecular formula is C42H81O9P. The van der Waals surface area contributed by atoms with Gasteiger partial charge in [-0.3, -0.25) is 13.8 Å². The van der Waals surface area contributed by atoms with Gasteiger partial charge in [-0.25, -0.2) is 4.57 Å². The van der Waals surface area contributed by atoms with Gasteiger partial charge in [0.25, 0.3) is 0 Å². The largest absolute Gasteiger partial charge is 0.472 e. The molecule has 0 heterocycles. The number of hydrogen-bond donors (Lipinski definition) is 3. The first-order valence-electron chi connectivity index (χ1n) is 21.3. The fourth-order valence-electron chi connectivity index (χ4n) is 5.81. The molecule has 0 fully saturated rings. The molecule has 0 amide bonds. The summed E-state index contributed by atoms with van der Waals surface area (Å²) in [7, 11) is -4.52. The molecule has 9 nitrogen and oxygen atoms in total. The van der Waals surface area contributed by atoms with Crippen molar-refractivity contribution in [2.45, 2.75) is 206 Å². The molecule has 0 aromatic rings. The van der Waals surface area contributed by atoms with E-state index in [1.807, 2.05) is 0 Å². The quantitative estimate of drug-likeness (QED) is 0.0241. The van der Waals surface area contributed by atoms with E-state index in [-0.39, 0.29) is 19.6 Å². The molecule has 0 bridgehead atoms. The molecule has 0 radical (unpaired) electrons. The van der Waals surface area contributed by atoms with Gasteiger partial charge >= 0.3 is 13.8 Å². The molecule has 0 aromatic carbocycles. The summed E-state index contributed by atoms with van der Waals surface area (Å²) in [5.74, 6) is -0.392. The zero-order valence-corrected chi connectivity index (χ0v) is 34.4. The van der Waals surface area contributed by atoms with E-state index in [0.717, 1.165) is 64.2 Å². The summed E-state index contributed by atoms with van der Waals surface area (Å²) in [6.45, 7) is 3.50. The Hall–Kier alpha value is -1.06. The molecule has 3 atom stereocenters. The van der Waals surface area contributed by atoms with Crippen LogP contribution in [-0.4, -0.2) is 66.3 Å². The maximum Gasteiger partial charge on any atom is 0.472 e. The Kier molecular flexibility index (Phi) is 38.8. The van der Waals surface area contributed by atoms with E-state index in [1.54, 1.807) is 0 Å². The highest BCUT2D eigenvalue weighted by molar-refractivity contribution is 7.47. The molecule has 0 aliphatic rings. The molecular weight excluding hydrogens is 679 g/mol. The molecule has 52 heavy (non-hydrogen) atoms. The highest BCUT2D eigenvalue weighted by atomic mass is 31.2. The van der Waals surface area contributed by atoms with Gasteiger partial charge in [-0.15, -0.1) is 0 Å². The number of aliphatic hydroxyl groups excluding tert-OH is 2. The van der Waals surface area contributed by atoms with Gasteiger partial charge in [0.05, 0.1) is 26.4 Å². The van der Waals surface area contributed by atoms with Gasteiger partial charge in [-0.2, -0.15) is 0 Å². The van der Waals surface area contributed by atoms with E-state index in [2.05, 4.69) is 38.2 Å². The number of ether oxygens (including phenoxy) is 2. The molecule has 10 heteroatoms. The Bertz CT molecular complexity index is 866. The Morgan fingerprint density at radius 2 is 0.981 bits per heavy atom. The van der Waals surface area contributed by atoms with Crippen LogP contribution in [0.25, 0.3) is 0 Å². The Labute approximate surface area is 319 Å². The second kappa shape index (κ2) is 39.6. The lowest BCUT2D eigenvalue weighted by atomic mass is 10.1. The fraction of sp³-hybridized carbons (Fsp3) is 0.881. The van der Waals surface area contributed by atoms with Crippen LogP contribution in [0.3, 0.4) is 0 Å². The Morgan fingerprint density at radius 3 is 1.44 bits per heavy atom. The van der Waals surface area contributed by atoms with Crippen LogP contribution in [0.1, 0.15) is 194 Å². The first-order valence-corrected chi connectivity index (χ1v) is 22.8. The fourth-order valence-corrected chi connectivity index (χ4v) is 6.60. The molecule has 0 aromatic heterocycles. The van der Waals surface area contributed by atoms with Gasteiger partial charge < -0.3 is 24.6 Å². The standard InChI is InChI=1S/C42H81O9P/c1-3-5-7-9-11-13-15-17-19-20-22-24-26-28-30-32-34-42(45)51-41(39-50-52(46,47)49-37-40(44)36-43)38-48-35-33-31-29-27-25-23-21-18-16-14-12-10-8-6-4-2/h16,18-20,40-41,43-44H,3-15,17,21-39H2,1-2H3,(H,46,47)/b18-16-,20-19-. The van der Waals surface area contributed by atoms with Gasteiger partial charge in [-0.05, 0) is 64.2 Å². The minimum Gasteiger partial charge on any atom is -0.457 e. The number of unbranched alkanes of at least 4 members (excludes halogenated alkanes) is 23. The maximum atomic E-state index is 12.6. The second-order valence-electron chi connectivity index (χ2n) is 14.4. The monoisotopic (exact) mass is 761 g/mol. The highest BCUT2D eigenvalue weighted by Crippen LogP contribution is 2.43. The van der Waals surface area contributed by atoms with Gasteiger partial charge in [0.15, 0.2) is 0 Å². The number of carbonyl (C=O) groups is 1. The summed E-state index contributed by atoms with van der Waals surface area (Å²) < 4.78 is 33.3. The third-order valence-electron chi connectivity index (χ3n) is 9.11. The summed E-state index contributed by atoms with van der Waals surface area (Å²) in [5.41, 5.74) is 0. The summed E-state index contributed by atoms with van der Waals surface area (Å²) in [6, 6.07) is 0. The minimum atomic E-state index is -4.52. The molecule has 0 saturated heterocycles. The van der Waals surface area contributed by atoms with Crippen LogP contribution < -0.4 is 0 Å². The molecule has 3 unspecified atom stereocenters. The molecule has 3 N–H and O–H groups in total. The molecule has 0 rings (SSSR count). The summed E-state index contributed by atoms with van der Waals surface area (Å²) in [6.07, 6.45) is 39.9. The van der Waals surface area contributed by atoms with Crippen LogP contribution in [0.15, 0.2) is 24.3 Å². The molecule has 0 saturated carbocycles. The average Bonchev–Trinajstić information content (AvgIpc) is 3.13. The number of allylic oxidation sites excluding steroid dienone is 4. The van der Waals surface area contributed by atoms with Crippen LogP contribution >= 0.6 is 7.82 Å². The van der Waals surface area contributed by atoms with Crippen molar-refractivity contribution in [3.63, 3.8) is 0 Å². The Balaban J connectivity index is 4.20.